The molecule has 0 aromatic heterocycles. The van der Waals surface area contributed by atoms with Gasteiger partial charge in [0.15, 0.2) is 0 Å². The van der Waals surface area contributed by atoms with Crippen LogP contribution in [0.2, 0.25) is 0 Å². The molecule has 1 saturated carbocycles. The van der Waals surface area contributed by atoms with Crippen LogP contribution in [-0.4, -0.2) is 24.1 Å². The zero-order valence-corrected chi connectivity index (χ0v) is 12.1. The minimum absolute atomic E-state index is 0.0294. The summed E-state index contributed by atoms with van der Waals surface area (Å²) in [5.74, 6) is -0.570. The Morgan fingerprint density at radius 2 is 1.79 bits per heavy atom. The van der Waals surface area contributed by atoms with Crippen LogP contribution in [0.5, 0.6) is 0 Å². The van der Waals surface area contributed by atoms with Gasteiger partial charge in [-0.25, -0.2) is 0 Å². The zero-order valence-electron chi connectivity index (χ0n) is 12.1. The highest BCUT2D eigenvalue weighted by Crippen LogP contribution is 2.31. The van der Waals surface area contributed by atoms with E-state index in [-0.39, 0.29) is 41.7 Å². The van der Waals surface area contributed by atoms with E-state index in [1.165, 1.54) is 0 Å². The molecule has 2 atom stereocenters. The van der Waals surface area contributed by atoms with Crippen LogP contribution in [0.15, 0.2) is 0 Å². The largest absolute Gasteiger partial charge is 0.466 e. The first-order valence-corrected chi connectivity index (χ1v) is 7.17. The third kappa shape index (κ3) is 4.77. The SMILES string of the molecule is CCOC(=O)CC1CCCC(CC(=O)C(C)C)C1=O. The summed E-state index contributed by atoms with van der Waals surface area (Å²) in [5.41, 5.74) is 0. The molecule has 1 aliphatic rings. The molecule has 0 bridgehead atoms. The molecule has 4 nitrogen and oxygen atoms in total. The van der Waals surface area contributed by atoms with Crippen molar-refractivity contribution in [3.63, 3.8) is 0 Å². The molecular weight excluding hydrogens is 244 g/mol. The Labute approximate surface area is 114 Å². The molecule has 2 unspecified atom stereocenters. The van der Waals surface area contributed by atoms with Gasteiger partial charge < -0.3 is 4.74 Å². The molecule has 1 aliphatic carbocycles. The summed E-state index contributed by atoms with van der Waals surface area (Å²) in [6, 6.07) is 0. The van der Waals surface area contributed by atoms with Crippen molar-refractivity contribution in [2.45, 2.75) is 52.9 Å². The van der Waals surface area contributed by atoms with E-state index < -0.39 is 0 Å². The highest BCUT2D eigenvalue weighted by atomic mass is 16.5. The molecule has 1 fully saturated rings. The molecular formula is C15H24O4. The Bertz CT molecular complexity index is 346. The minimum Gasteiger partial charge on any atom is -0.466 e. The van der Waals surface area contributed by atoms with Crippen LogP contribution < -0.4 is 0 Å². The summed E-state index contributed by atoms with van der Waals surface area (Å²) in [5, 5.41) is 0. The van der Waals surface area contributed by atoms with Crippen LogP contribution in [0.1, 0.15) is 52.9 Å². The Balaban J connectivity index is 2.55. The summed E-state index contributed by atoms with van der Waals surface area (Å²) >= 11 is 0. The van der Waals surface area contributed by atoms with Crippen molar-refractivity contribution >= 4 is 17.5 Å². The van der Waals surface area contributed by atoms with Crippen LogP contribution in [-0.2, 0) is 19.1 Å². The minimum atomic E-state index is -0.309. The molecule has 0 amide bonds. The lowest BCUT2D eigenvalue weighted by Crippen LogP contribution is -2.32. The lowest BCUT2D eigenvalue weighted by atomic mass is 9.76. The third-order valence-corrected chi connectivity index (χ3v) is 3.72. The number of ketones is 2. The Morgan fingerprint density at radius 3 is 2.32 bits per heavy atom. The van der Waals surface area contributed by atoms with Crippen molar-refractivity contribution in [3.8, 4) is 0 Å². The molecule has 0 radical (unpaired) electrons. The first-order chi connectivity index (χ1) is 8.95. The Kier molecular flexibility index (Phi) is 6.19. The van der Waals surface area contributed by atoms with Gasteiger partial charge in [0, 0.05) is 24.2 Å². The number of carbonyl (C=O) groups is 3. The molecule has 0 aromatic rings. The maximum atomic E-state index is 12.3. The van der Waals surface area contributed by atoms with E-state index in [4.69, 9.17) is 4.74 Å². The Hall–Kier alpha value is -1.19. The van der Waals surface area contributed by atoms with Gasteiger partial charge in [0.2, 0.25) is 0 Å². The van der Waals surface area contributed by atoms with Crippen molar-refractivity contribution in [1.29, 1.82) is 0 Å². The van der Waals surface area contributed by atoms with E-state index in [0.29, 0.717) is 13.0 Å². The number of hydrogen-bond donors (Lipinski definition) is 0. The van der Waals surface area contributed by atoms with Gasteiger partial charge in [0.05, 0.1) is 13.0 Å². The number of rotatable bonds is 6. The summed E-state index contributed by atoms with van der Waals surface area (Å²) in [4.78, 5) is 35.5. The standard InChI is InChI=1S/C15H24O4/c1-4-19-14(17)9-12-7-5-6-11(15(12)18)8-13(16)10(2)3/h10-12H,4-9H2,1-3H3. The summed E-state index contributed by atoms with van der Waals surface area (Å²) < 4.78 is 4.89. The van der Waals surface area contributed by atoms with Gasteiger partial charge >= 0.3 is 5.97 Å². The zero-order chi connectivity index (χ0) is 14.4. The third-order valence-electron chi connectivity index (χ3n) is 3.72. The summed E-state index contributed by atoms with van der Waals surface area (Å²) in [6.45, 7) is 5.80. The number of ether oxygens (including phenoxy) is 1. The van der Waals surface area contributed by atoms with Gasteiger partial charge in [0.25, 0.3) is 0 Å². The number of carbonyl (C=O) groups excluding carboxylic acids is 3. The maximum absolute atomic E-state index is 12.3. The molecule has 0 saturated heterocycles. The van der Waals surface area contributed by atoms with Crippen molar-refractivity contribution in [2.75, 3.05) is 6.61 Å². The average molecular weight is 268 g/mol. The van der Waals surface area contributed by atoms with Gasteiger partial charge in [0.1, 0.15) is 11.6 Å². The van der Waals surface area contributed by atoms with Crippen molar-refractivity contribution < 1.29 is 19.1 Å². The van der Waals surface area contributed by atoms with Gasteiger partial charge in [-0.3, -0.25) is 14.4 Å². The lowest BCUT2D eigenvalue weighted by molar-refractivity contribution is -0.147. The van der Waals surface area contributed by atoms with Gasteiger partial charge in [-0.1, -0.05) is 20.3 Å². The number of Topliss-reactive ketones (excluding diaryl/α,β-unsaturated/α-hetero) is 2. The van der Waals surface area contributed by atoms with Crippen LogP contribution in [0.25, 0.3) is 0 Å². The molecule has 4 heteroatoms. The highest BCUT2D eigenvalue weighted by molar-refractivity contribution is 5.92. The first-order valence-electron chi connectivity index (χ1n) is 7.17. The quantitative estimate of drug-likeness (QED) is 0.694. The normalized spacial score (nSPS) is 23.5. The van der Waals surface area contributed by atoms with Crippen molar-refractivity contribution in [3.05, 3.63) is 0 Å². The van der Waals surface area contributed by atoms with E-state index in [2.05, 4.69) is 0 Å². The Morgan fingerprint density at radius 1 is 1.21 bits per heavy atom. The van der Waals surface area contributed by atoms with Crippen LogP contribution in [0.3, 0.4) is 0 Å². The maximum Gasteiger partial charge on any atom is 0.306 e. The van der Waals surface area contributed by atoms with Crippen LogP contribution >= 0.6 is 0 Å². The predicted octanol–water partition coefficient (Wildman–Crippen LogP) is 2.54. The van der Waals surface area contributed by atoms with Crippen LogP contribution in [0.4, 0.5) is 0 Å². The van der Waals surface area contributed by atoms with E-state index in [9.17, 15) is 14.4 Å². The smallest absolute Gasteiger partial charge is 0.306 e. The van der Waals surface area contributed by atoms with E-state index in [1.807, 2.05) is 13.8 Å². The fourth-order valence-corrected chi connectivity index (χ4v) is 2.53. The highest BCUT2D eigenvalue weighted by Gasteiger charge is 2.34. The van der Waals surface area contributed by atoms with Crippen molar-refractivity contribution in [1.82, 2.24) is 0 Å². The lowest BCUT2D eigenvalue weighted by Gasteiger charge is -2.27. The van der Waals surface area contributed by atoms with Crippen molar-refractivity contribution in [2.24, 2.45) is 17.8 Å². The van der Waals surface area contributed by atoms with E-state index in [0.717, 1.165) is 19.3 Å². The molecule has 0 N–H and O–H groups in total. The predicted molar refractivity (Wildman–Crippen MR) is 71.6 cm³/mol. The molecule has 0 aliphatic heterocycles. The fourth-order valence-electron chi connectivity index (χ4n) is 2.53. The molecule has 0 aromatic carbocycles. The monoisotopic (exact) mass is 268 g/mol. The van der Waals surface area contributed by atoms with Crippen LogP contribution in [0, 0.1) is 17.8 Å². The molecule has 0 spiro atoms. The first kappa shape index (κ1) is 15.9. The second-order valence-electron chi connectivity index (χ2n) is 5.56. The fraction of sp³-hybridized carbons (Fsp3) is 0.800. The summed E-state index contributed by atoms with van der Waals surface area (Å²) in [6.07, 6.45) is 2.92. The van der Waals surface area contributed by atoms with E-state index in [1.54, 1.807) is 6.92 Å². The topological polar surface area (TPSA) is 60.4 Å². The molecule has 1 rings (SSSR count). The second kappa shape index (κ2) is 7.41. The van der Waals surface area contributed by atoms with Gasteiger partial charge in [-0.2, -0.15) is 0 Å². The molecule has 19 heavy (non-hydrogen) atoms. The van der Waals surface area contributed by atoms with E-state index >= 15 is 0 Å². The molecule has 0 heterocycles. The van der Waals surface area contributed by atoms with Gasteiger partial charge in [-0.05, 0) is 19.8 Å². The second-order valence-corrected chi connectivity index (χ2v) is 5.56. The number of hydrogen-bond acceptors (Lipinski definition) is 4. The summed E-state index contributed by atoms with van der Waals surface area (Å²) in [7, 11) is 0. The average Bonchev–Trinajstić information content (AvgIpc) is 2.34. The molecule has 108 valence electrons. The van der Waals surface area contributed by atoms with Gasteiger partial charge in [-0.15, -0.1) is 0 Å². The number of esters is 1.